The van der Waals surface area contributed by atoms with Crippen LogP contribution in [0.25, 0.3) is 10.9 Å². The predicted molar refractivity (Wildman–Crippen MR) is 252 cm³/mol. The molecule has 7 heterocycles. The summed E-state index contributed by atoms with van der Waals surface area (Å²) in [5.74, 6) is -0.931. The first-order valence-electron chi connectivity index (χ1n) is 23.3. The van der Waals surface area contributed by atoms with Crippen LogP contribution in [-0.4, -0.2) is 120 Å². The number of aromatic nitrogens is 3. The van der Waals surface area contributed by atoms with Gasteiger partial charge >= 0.3 is 0 Å². The highest BCUT2D eigenvalue weighted by atomic mass is 35.5. The number of fused-ring (bicyclic) bond motifs is 2. The van der Waals surface area contributed by atoms with Crippen molar-refractivity contribution in [3.05, 3.63) is 75.2 Å². The second kappa shape index (κ2) is 19.2. The number of carbonyl (C=O) groups is 5. The molecule has 1 aliphatic carbocycles. The van der Waals surface area contributed by atoms with E-state index in [0.29, 0.717) is 45.5 Å². The Kier molecular flexibility index (Phi) is 13.2. The van der Waals surface area contributed by atoms with Crippen LogP contribution in [0.15, 0.2) is 53.5 Å². The molecule has 67 heavy (non-hydrogen) atoms. The summed E-state index contributed by atoms with van der Waals surface area (Å²) in [5, 5.41) is 12.6. The molecule has 5 fully saturated rings. The van der Waals surface area contributed by atoms with E-state index in [9.17, 15) is 28.8 Å². The van der Waals surface area contributed by atoms with Crippen LogP contribution in [0.3, 0.4) is 0 Å². The van der Waals surface area contributed by atoms with Crippen molar-refractivity contribution in [2.45, 2.75) is 95.9 Å². The molecule has 18 nitrogen and oxygen atoms in total. The van der Waals surface area contributed by atoms with Crippen LogP contribution in [0.5, 0.6) is 5.75 Å². The molecule has 0 bridgehead atoms. The van der Waals surface area contributed by atoms with E-state index in [-0.39, 0.29) is 48.6 Å². The van der Waals surface area contributed by atoms with Gasteiger partial charge in [-0.1, -0.05) is 11.6 Å². The molecule has 5 amide bonds. The van der Waals surface area contributed by atoms with Crippen molar-refractivity contribution in [1.29, 1.82) is 0 Å². The SMILES string of the molecule is CNC(=O)COc1cc2cc(Nc3nc(N4CCC(OC5CCC5)CC4)ncc3Cl)ccc2n(C(C)C)c1=O.O=C1CCC(N2C(=O)c3ccc(N4CC5(CCNCC5)C4)cc3C2=O)C(=O)N1. The molecule has 354 valence electrons. The van der Waals surface area contributed by atoms with Gasteiger partial charge in [0.2, 0.25) is 17.8 Å². The second-order valence-corrected chi connectivity index (χ2v) is 19.1. The molecule has 2 aromatic heterocycles. The minimum absolute atomic E-state index is 0.107. The molecule has 4 saturated heterocycles. The van der Waals surface area contributed by atoms with E-state index >= 15 is 0 Å². The molecule has 5 aliphatic heterocycles. The van der Waals surface area contributed by atoms with E-state index in [1.54, 1.807) is 29.0 Å². The number of anilines is 4. The number of amides is 5. The Bertz CT molecular complexity index is 2650. The highest BCUT2D eigenvalue weighted by Crippen LogP contribution is 2.42. The van der Waals surface area contributed by atoms with Gasteiger partial charge in [-0.05, 0) is 121 Å². The standard InChI is InChI=1S/C28H35ClN6O4.C20H22N4O4/c1-17(2)35-23-8-7-19(13-18(23)14-24(27(35)37)38-16-25(36)30-3)32-26-22(29)15-31-28(33-26)34-11-9-21(10-12-34)39-20-5-4-6-20;25-16-4-3-15(17(26)22-16)24-18(27)13-2-1-12(9-14(13)19(24)28)23-10-20(11-23)5-7-21-8-6-20/h7-8,13-15,17,20-21H,4-6,9-12,16H2,1-3H3,(H,30,36)(H,31,32,33);1-2,9,15,21H,3-8,10-11H2,(H,22,25,26). The summed E-state index contributed by atoms with van der Waals surface area (Å²) in [4.78, 5) is 88.6. The maximum absolute atomic E-state index is 13.1. The molecule has 1 spiro atoms. The van der Waals surface area contributed by atoms with Crippen LogP contribution in [0.2, 0.25) is 5.02 Å². The molecule has 0 radical (unpaired) electrons. The third kappa shape index (κ3) is 9.56. The third-order valence-electron chi connectivity index (χ3n) is 13.8. The van der Waals surface area contributed by atoms with Crippen LogP contribution < -0.4 is 41.4 Å². The smallest absolute Gasteiger partial charge is 0.293 e. The average molecular weight is 937 g/mol. The van der Waals surface area contributed by atoms with Gasteiger partial charge in [0.1, 0.15) is 11.1 Å². The largest absolute Gasteiger partial charge is 0.478 e. The van der Waals surface area contributed by atoms with Crippen molar-refractivity contribution in [1.82, 2.24) is 35.4 Å². The average Bonchev–Trinajstić information content (AvgIpc) is 3.54. The van der Waals surface area contributed by atoms with Crippen molar-refractivity contribution in [3.8, 4) is 5.75 Å². The van der Waals surface area contributed by atoms with Crippen molar-refractivity contribution >= 4 is 75.2 Å². The van der Waals surface area contributed by atoms with E-state index in [2.05, 4.69) is 36.1 Å². The summed E-state index contributed by atoms with van der Waals surface area (Å²) < 4.78 is 13.4. The lowest BCUT2D eigenvalue weighted by atomic mass is 9.72. The van der Waals surface area contributed by atoms with Crippen LogP contribution in [0.1, 0.15) is 98.4 Å². The number of benzene rings is 2. The van der Waals surface area contributed by atoms with Crippen LogP contribution in [0.4, 0.5) is 23.1 Å². The maximum atomic E-state index is 13.1. The number of piperidine rings is 3. The first-order valence-corrected chi connectivity index (χ1v) is 23.7. The molecule has 1 saturated carbocycles. The Morgan fingerprint density at radius 3 is 2.33 bits per heavy atom. The summed E-state index contributed by atoms with van der Waals surface area (Å²) >= 11 is 6.47. The molecule has 10 rings (SSSR count). The number of halogens is 1. The normalized spacial score (nSPS) is 20.6. The number of pyridine rings is 1. The first-order chi connectivity index (χ1) is 32.3. The van der Waals surface area contributed by atoms with Crippen LogP contribution in [-0.2, 0) is 19.1 Å². The van der Waals surface area contributed by atoms with Crippen molar-refractivity contribution < 1.29 is 33.4 Å². The topological polar surface area (TPSA) is 209 Å². The number of hydrogen-bond acceptors (Lipinski definition) is 14. The molecule has 1 atom stereocenters. The molecular formula is C48H57ClN10O8. The summed E-state index contributed by atoms with van der Waals surface area (Å²) in [5.41, 5.74) is 3.20. The Morgan fingerprint density at radius 1 is 0.910 bits per heavy atom. The number of rotatable bonds is 11. The fourth-order valence-electron chi connectivity index (χ4n) is 9.81. The number of likely N-dealkylation sites (N-methyl/N-ethyl adjacent to an activating group) is 1. The molecule has 6 aliphatic rings. The van der Waals surface area contributed by atoms with E-state index in [0.717, 1.165) is 92.1 Å². The number of carbonyl (C=O) groups excluding carboxylic acids is 5. The number of hydrogen-bond donors (Lipinski definition) is 4. The molecule has 19 heteroatoms. The Hall–Kier alpha value is -6.11. The monoisotopic (exact) mass is 936 g/mol. The van der Waals surface area contributed by atoms with Gasteiger partial charge in [-0.25, -0.2) is 4.98 Å². The highest BCUT2D eigenvalue weighted by Gasteiger charge is 2.47. The molecule has 4 aromatic rings. The fourth-order valence-corrected chi connectivity index (χ4v) is 9.95. The first kappa shape index (κ1) is 46.0. The Labute approximate surface area is 393 Å². The zero-order valence-corrected chi connectivity index (χ0v) is 38.8. The van der Waals surface area contributed by atoms with Gasteiger partial charge in [-0.15, -0.1) is 0 Å². The zero-order chi connectivity index (χ0) is 47.0. The highest BCUT2D eigenvalue weighted by molar-refractivity contribution is 6.33. The zero-order valence-electron chi connectivity index (χ0n) is 38.1. The minimum atomic E-state index is -0.921. The van der Waals surface area contributed by atoms with Gasteiger partial charge in [0.25, 0.3) is 23.3 Å². The lowest BCUT2D eigenvalue weighted by Gasteiger charge is -2.53. The Morgan fingerprint density at radius 2 is 1.64 bits per heavy atom. The lowest BCUT2D eigenvalue weighted by Crippen LogP contribution is -2.60. The summed E-state index contributed by atoms with van der Waals surface area (Å²) in [6.45, 7) is 9.31. The molecule has 4 N–H and O–H groups in total. The molecule has 2 aromatic carbocycles. The lowest BCUT2D eigenvalue weighted by molar-refractivity contribution is -0.136. The van der Waals surface area contributed by atoms with E-state index in [1.165, 1.54) is 26.3 Å². The van der Waals surface area contributed by atoms with Gasteiger partial charge in [0.15, 0.2) is 18.2 Å². The van der Waals surface area contributed by atoms with Gasteiger partial charge in [0, 0.05) is 67.9 Å². The van der Waals surface area contributed by atoms with Gasteiger partial charge in [0.05, 0.1) is 35.0 Å². The van der Waals surface area contributed by atoms with E-state index in [4.69, 9.17) is 26.1 Å². The van der Waals surface area contributed by atoms with E-state index < -0.39 is 23.8 Å². The number of imide groups is 2. The molecule has 1 unspecified atom stereocenters. The predicted octanol–water partition coefficient (Wildman–Crippen LogP) is 4.71. The van der Waals surface area contributed by atoms with Crippen LogP contribution in [0, 0.1) is 5.41 Å². The summed E-state index contributed by atoms with van der Waals surface area (Å²) in [7, 11) is 1.52. The van der Waals surface area contributed by atoms with Crippen molar-refractivity contribution in [2.75, 3.05) is 68.0 Å². The molecular weight excluding hydrogens is 880 g/mol. The fraction of sp³-hybridized carbons (Fsp3) is 0.500. The number of ether oxygens (including phenoxy) is 2. The van der Waals surface area contributed by atoms with Crippen molar-refractivity contribution in [3.63, 3.8) is 0 Å². The summed E-state index contributed by atoms with van der Waals surface area (Å²) in [6.07, 6.45) is 10.5. The van der Waals surface area contributed by atoms with Gasteiger partial charge in [-0.3, -0.25) is 39.0 Å². The van der Waals surface area contributed by atoms with Crippen LogP contribution >= 0.6 is 11.6 Å². The third-order valence-corrected chi connectivity index (χ3v) is 14.1. The minimum Gasteiger partial charge on any atom is -0.478 e. The Balaban J connectivity index is 0.000000177. The van der Waals surface area contributed by atoms with Crippen molar-refractivity contribution in [2.24, 2.45) is 5.41 Å². The van der Waals surface area contributed by atoms with E-state index in [1.807, 2.05) is 38.1 Å². The number of nitrogens with one attached hydrogen (secondary N) is 4. The summed E-state index contributed by atoms with van der Waals surface area (Å²) in [6, 6.07) is 11.6. The quantitative estimate of drug-likeness (QED) is 0.150. The second-order valence-electron chi connectivity index (χ2n) is 18.7. The number of nitrogens with zero attached hydrogens (tertiary/aromatic N) is 6. The van der Waals surface area contributed by atoms with Gasteiger partial charge < -0.3 is 39.8 Å². The van der Waals surface area contributed by atoms with Gasteiger partial charge in [-0.2, -0.15) is 4.98 Å². The maximum Gasteiger partial charge on any atom is 0.293 e.